The number of aryl methyl sites for hydroxylation is 1. The molecule has 112 valence electrons. The van der Waals surface area contributed by atoms with Crippen LogP contribution in [0, 0.1) is 6.92 Å². The molecule has 1 amide bonds. The van der Waals surface area contributed by atoms with E-state index in [2.05, 4.69) is 5.32 Å². The molecule has 0 atom stereocenters. The Labute approximate surface area is 125 Å². The predicted molar refractivity (Wildman–Crippen MR) is 81.1 cm³/mol. The zero-order valence-corrected chi connectivity index (χ0v) is 12.7. The standard InChI is InChI=1S/C17H21NO3/c1-13-9-10-21-15(13)16(19)18-17(2,3)12-20-11-14-7-5-4-6-8-14/h4-10H,11-12H2,1-3H3,(H,18,19). The second-order valence-electron chi connectivity index (χ2n) is 5.75. The van der Waals surface area contributed by atoms with Gasteiger partial charge in [0.15, 0.2) is 5.76 Å². The van der Waals surface area contributed by atoms with Gasteiger partial charge in [-0.2, -0.15) is 0 Å². The summed E-state index contributed by atoms with van der Waals surface area (Å²) in [5, 5.41) is 2.93. The highest BCUT2D eigenvalue weighted by atomic mass is 16.5. The van der Waals surface area contributed by atoms with Crippen LogP contribution in [0.4, 0.5) is 0 Å². The average molecular weight is 287 g/mol. The van der Waals surface area contributed by atoms with E-state index in [-0.39, 0.29) is 5.91 Å². The lowest BCUT2D eigenvalue weighted by molar-refractivity contribution is 0.0602. The first-order chi connectivity index (χ1) is 9.98. The third kappa shape index (κ3) is 4.46. The molecule has 1 aromatic heterocycles. The quantitative estimate of drug-likeness (QED) is 0.886. The Balaban J connectivity index is 1.84. The van der Waals surface area contributed by atoms with Crippen molar-refractivity contribution in [3.05, 3.63) is 59.5 Å². The van der Waals surface area contributed by atoms with Crippen LogP contribution in [0.5, 0.6) is 0 Å². The molecule has 0 aliphatic heterocycles. The summed E-state index contributed by atoms with van der Waals surface area (Å²) in [4.78, 5) is 12.1. The van der Waals surface area contributed by atoms with Crippen molar-refractivity contribution in [2.75, 3.05) is 6.61 Å². The molecule has 0 saturated carbocycles. The largest absolute Gasteiger partial charge is 0.459 e. The number of hydrogen-bond acceptors (Lipinski definition) is 3. The molecule has 2 rings (SSSR count). The number of amides is 1. The Morgan fingerprint density at radius 2 is 1.95 bits per heavy atom. The second kappa shape index (κ2) is 6.59. The minimum absolute atomic E-state index is 0.217. The summed E-state index contributed by atoms with van der Waals surface area (Å²) < 4.78 is 10.9. The van der Waals surface area contributed by atoms with E-state index in [0.717, 1.165) is 11.1 Å². The van der Waals surface area contributed by atoms with Gasteiger partial charge in [0.2, 0.25) is 0 Å². The lowest BCUT2D eigenvalue weighted by Gasteiger charge is -2.25. The smallest absolute Gasteiger partial charge is 0.287 e. The summed E-state index contributed by atoms with van der Waals surface area (Å²) in [5.74, 6) is 0.136. The third-order valence-corrected chi connectivity index (χ3v) is 3.09. The molecule has 0 aliphatic carbocycles. The van der Waals surface area contributed by atoms with Gasteiger partial charge in [-0.3, -0.25) is 4.79 Å². The molecule has 1 N–H and O–H groups in total. The van der Waals surface area contributed by atoms with Gasteiger partial charge >= 0.3 is 0 Å². The summed E-state index contributed by atoms with van der Waals surface area (Å²) in [6.07, 6.45) is 1.52. The number of nitrogens with one attached hydrogen (secondary N) is 1. The molecule has 0 saturated heterocycles. The van der Waals surface area contributed by atoms with Gasteiger partial charge in [0, 0.05) is 5.56 Å². The Kier molecular flexibility index (Phi) is 4.81. The van der Waals surface area contributed by atoms with Gasteiger partial charge in [0.25, 0.3) is 5.91 Å². The van der Waals surface area contributed by atoms with Crippen molar-refractivity contribution in [3.8, 4) is 0 Å². The van der Waals surface area contributed by atoms with Gasteiger partial charge in [-0.25, -0.2) is 0 Å². The molecule has 1 heterocycles. The van der Waals surface area contributed by atoms with Crippen LogP contribution in [-0.2, 0) is 11.3 Å². The molecular formula is C17H21NO3. The number of carbonyl (C=O) groups is 1. The van der Waals surface area contributed by atoms with Crippen molar-refractivity contribution in [3.63, 3.8) is 0 Å². The maximum atomic E-state index is 12.1. The number of carbonyl (C=O) groups excluding carboxylic acids is 1. The zero-order valence-electron chi connectivity index (χ0n) is 12.7. The van der Waals surface area contributed by atoms with Gasteiger partial charge in [-0.1, -0.05) is 30.3 Å². The van der Waals surface area contributed by atoms with Crippen LogP contribution >= 0.6 is 0 Å². The minimum Gasteiger partial charge on any atom is -0.459 e. The van der Waals surface area contributed by atoms with Crippen molar-refractivity contribution in [1.82, 2.24) is 5.32 Å². The van der Waals surface area contributed by atoms with Crippen molar-refractivity contribution >= 4 is 5.91 Å². The van der Waals surface area contributed by atoms with Crippen LogP contribution < -0.4 is 5.32 Å². The maximum Gasteiger partial charge on any atom is 0.287 e. The molecule has 21 heavy (non-hydrogen) atoms. The molecule has 0 unspecified atom stereocenters. The van der Waals surface area contributed by atoms with E-state index in [4.69, 9.17) is 9.15 Å². The molecule has 0 fully saturated rings. The van der Waals surface area contributed by atoms with Crippen LogP contribution in [0.2, 0.25) is 0 Å². The summed E-state index contributed by atoms with van der Waals surface area (Å²) in [7, 11) is 0. The van der Waals surface area contributed by atoms with Crippen LogP contribution in [0.15, 0.2) is 47.1 Å². The Morgan fingerprint density at radius 1 is 1.24 bits per heavy atom. The minimum atomic E-state index is -0.467. The Hall–Kier alpha value is -2.07. The monoisotopic (exact) mass is 287 g/mol. The van der Waals surface area contributed by atoms with Gasteiger partial charge in [0.1, 0.15) is 0 Å². The number of benzene rings is 1. The summed E-state index contributed by atoms with van der Waals surface area (Å²) in [6.45, 7) is 6.65. The molecular weight excluding hydrogens is 266 g/mol. The van der Waals surface area contributed by atoms with Gasteiger partial charge in [-0.05, 0) is 32.4 Å². The van der Waals surface area contributed by atoms with E-state index in [1.54, 1.807) is 6.07 Å². The first-order valence-electron chi connectivity index (χ1n) is 6.96. The van der Waals surface area contributed by atoms with E-state index in [9.17, 15) is 4.79 Å². The molecule has 4 heteroatoms. The SMILES string of the molecule is Cc1ccoc1C(=O)NC(C)(C)COCc1ccccc1. The van der Waals surface area contributed by atoms with Crippen molar-refractivity contribution in [1.29, 1.82) is 0 Å². The zero-order chi connectivity index (χ0) is 15.3. The van der Waals surface area contributed by atoms with Crippen molar-refractivity contribution in [2.45, 2.75) is 32.9 Å². The summed E-state index contributed by atoms with van der Waals surface area (Å²) >= 11 is 0. The normalized spacial score (nSPS) is 11.4. The van der Waals surface area contributed by atoms with E-state index >= 15 is 0 Å². The molecule has 2 aromatic rings. The van der Waals surface area contributed by atoms with Gasteiger partial charge in [-0.15, -0.1) is 0 Å². The fraction of sp³-hybridized carbons (Fsp3) is 0.353. The van der Waals surface area contributed by atoms with Crippen LogP contribution in [0.1, 0.15) is 35.5 Å². The fourth-order valence-corrected chi connectivity index (χ4v) is 2.00. The number of rotatable bonds is 6. The highest BCUT2D eigenvalue weighted by molar-refractivity contribution is 5.93. The molecule has 0 bridgehead atoms. The topological polar surface area (TPSA) is 51.5 Å². The predicted octanol–water partition coefficient (Wildman–Crippen LogP) is 3.31. The number of ether oxygens (including phenoxy) is 1. The number of furan rings is 1. The highest BCUT2D eigenvalue weighted by Crippen LogP contribution is 2.12. The Bertz CT molecular complexity index is 587. The van der Waals surface area contributed by atoms with E-state index in [1.165, 1.54) is 6.26 Å². The number of hydrogen-bond donors (Lipinski definition) is 1. The molecule has 4 nitrogen and oxygen atoms in total. The van der Waals surface area contributed by atoms with E-state index in [1.807, 2.05) is 51.1 Å². The van der Waals surface area contributed by atoms with Crippen LogP contribution in [0.3, 0.4) is 0 Å². The lowest BCUT2D eigenvalue weighted by atomic mass is 10.1. The molecule has 0 aliphatic rings. The fourth-order valence-electron chi connectivity index (χ4n) is 2.00. The molecule has 0 radical (unpaired) electrons. The maximum absolute atomic E-state index is 12.1. The van der Waals surface area contributed by atoms with E-state index in [0.29, 0.717) is 19.0 Å². The first-order valence-corrected chi connectivity index (χ1v) is 6.96. The van der Waals surface area contributed by atoms with Crippen LogP contribution in [0.25, 0.3) is 0 Å². The second-order valence-corrected chi connectivity index (χ2v) is 5.75. The van der Waals surface area contributed by atoms with Gasteiger partial charge in [0.05, 0.1) is 25.0 Å². The summed E-state index contributed by atoms with van der Waals surface area (Å²) in [6, 6.07) is 11.7. The van der Waals surface area contributed by atoms with Crippen molar-refractivity contribution < 1.29 is 13.9 Å². The average Bonchev–Trinajstić information content (AvgIpc) is 2.85. The highest BCUT2D eigenvalue weighted by Gasteiger charge is 2.23. The van der Waals surface area contributed by atoms with Gasteiger partial charge < -0.3 is 14.5 Å². The molecule has 1 aromatic carbocycles. The Morgan fingerprint density at radius 3 is 2.57 bits per heavy atom. The van der Waals surface area contributed by atoms with E-state index < -0.39 is 5.54 Å². The first kappa shape index (κ1) is 15.3. The summed E-state index contributed by atoms with van der Waals surface area (Å²) in [5.41, 5.74) is 1.47. The van der Waals surface area contributed by atoms with Crippen LogP contribution in [-0.4, -0.2) is 18.1 Å². The lowest BCUT2D eigenvalue weighted by Crippen LogP contribution is -2.47. The van der Waals surface area contributed by atoms with Crippen molar-refractivity contribution in [2.24, 2.45) is 0 Å². The third-order valence-electron chi connectivity index (χ3n) is 3.09. The molecule has 0 spiro atoms.